The van der Waals surface area contributed by atoms with E-state index in [4.69, 9.17) is 4.74 Å². The zero-order chi connectivity index (χ0) is 13.7. The molecule has 1 aromatic rings. The number of aliphatic hydroxyl groups is 1. The largest absolute Gasteiger partial charge is 0.445 e. The first-order chi connectivity index (χ1) is 9.13. The molecule has 0 saturated carbocycles. The predicted molar refractivity (Wildman–Crippen MR) is 76.2 cm³/mol. The monoisotopic (exact) mass is 281 g/mol. The van der Waals surface area contributed by atoms with Crippen LogP contribution in [-0.4, -0.2) is 40.5 Å². The van der Waals surface area contributed by atoms with Gasteiger partial charge in [0.2, 0.25) is 0 Å². The van der Waals surface area contributed by atoms with Crippen molar-refractivity contribution in [1.29, 1.82) is 0 Å². The number of aliphatic hydroxyl groups excluding tert-OH is 1. The van der Waals surface area contributed by atoms with Crippen LogP contribution in [0.5, 0.6) is 0 Å². The Kier molecular flexibility index (Phi) is 4.71. The van der Waals surface area contributed by atoms with Gasteiger partial charge >= 0.3 is 6.09 Å². The Morgan fingerprint density at radius 2 is 1.95 bits per heavy atom. The van der Waals surface area contributed by atoms with Gasteiger partial charge in [0.05, 0.1) is 6.61 Å². The maximum absolute atomic E-state index is 11.9. The average molecular weight is 281 g/mol. The molecule has 0 aliphatic carbocycles. The van der Waals surface area contributed by atoms with Crippen molar-refractivity contribution in [2.75, 3.05) is 19.7 Å². The summed E-state index contributed by atoms with van der Waals surface area (Å²) in [6.07, 6.45) is 1.08. The number of hydrogen-bond acceptors (Lipinski definition) is 4. The van der Waals surface area contributed by atoms with Crippen molar-refractivity contribution in [3.05, 3.63) is 35.9 Å². The Hall–Kier alpha value is -1.20. The van der Waals surface area contributed by atoms with Crippen molar-refractivity contribution >= 4 is 18.7 Å². The van der Waals surface area contributed by atoms with E-state index < -0.39 is 0 Å². The lowest BCUT2D eigenvalue weighted by Crippen LogP contribution is -2.45. The molecule has 1 saturated heterocycles. The molecule has 4 nitrogen and oxygen atoms in total. The lowest BCUT2D eigenvalue weighted by atomic mass is 9.97. The van der Waals surface area contributed by atoms with Crippen LogP contribution in [0.1, 0.15) is 18.4 Å². The van der Waals surface area contributed by atoms with E-state index in [9.17, 15) is 9.90 Å². The molecule has 19 heavy (non-hydrogen) atoms. The van der Waals surface area contributed by atoms with Crippen LogP contribution >= 0.6 is 12.6 Å². The molecule has 0 radical (unpaired) electrons. The molecule has 1 heterocycles. The highest BCUT2D eigenvalue weighted by atomic mass is 32.1. The van der Waals surface area contributed by atoms with Gasteiger partial charge in [-0.2, -0.15) is 12.6 Å². The zero-order valence-electron chi connectivity index (χ0n) is 10.8. The summed E-state index contributed by atoms with van der Waals surface area (Å²) < 4.78 is 4.92. The summed E-state index contributed by atoms with van der Waals surface area (Å²) in [5.74, 6) is 0. The van der Waals surface area contributed by atoms with Gasteiger partial charge in [0.15, 0.2) is 0 Å². The van der Waals surface area contributed by atoms with E-state index in [2.05, 4.69) is 12.6 Å². The van der Waals surface area contributed by atoms with Crippen LogP contribution in [0.3, 0.4) is 0 Å². The maximum Gasteiger partial charge on any atom is 0.410 e. The van der Waals surface area contributed by atoms with E-state index in [1.807, 2.05) is 30.3 Å². The Balaban J connectivity index is 1.79. The molecular weight excluding hydrogens is 262 g/mol. The fourth-order valence-electron chi connectivity index (χ4n) is 2.07. The van der Waals surface area contributed by atoms with Crippen molar-refractivity contribution in [3.63, 3.8) is 0 Å². The second-order valence-corrected chi connectivity index (χ2v) is 5.86. The van der Waals surface area contributed by atoms with Crippen LogP contribution in [0.25, 0.3) is 0 Å². The Bertz CT molecular complexity index is 416. The number of hydrogen-bond donors (Lipinski definition) is 2. The van der Waals surface area contributed by atoms with Gasteiger partial charge in [-0.05, 0) is 18.4 Å². The number of amides is 1. The third-order valence-corrected chi connectivity index (χ3v) is 4.04. The van der Waals surface area contributed by atoms with E-state index in [0.29, 0.717) is 32.5 Å². The van der Waals surface area contributed by atoms with Gasteiger partial charge in [-0.1, -0.05) is 30.3 Å². The van der Waals surface area contributed by atoms with E-state index in [0.717, 1.165) is 5.56 Å². The van der Waals surface area contributed by atoms with Gasteiger partial charge in [0.1, 0.15) is 6.61 Å². The van der Waals surface area contributed by atoms with Crippen LogP contribution < -0.4 is 0 Å². The molecule has 0 unspecified atom stereocenters. The first-order valence-corrected chi connectivity index (χ1v) is 6.86. The van der Waals surface area contributed by atoms with Gasteiger partial charge in [0.25, 0.3) is 0 Å². The third-order valence-electron chi connectivity index (χ3n) is 3.45. The quantitative estimate of drug-likeness (QED) is 0.834. The molecule has 1 fully saturated rings. The minimum absolute atomic E-state index is 0.0447. The van der Waals surface area contributed by atoms with Crippen molar-refractivity contribution in [2.24, 2.45) is 0 Å². The topological polar surface area (TPSA) is 49.8 Å². The number of likely N-dealkylation sites (tertiary alicyclic amines) is 1. The number of rotatable bonds is 3. The molecule has 1 aromatic carbocycles. The number of carbonyl (C=O) groups excluding carboxylic acids is 1. The standard InChI is InChI=1S/C14H19NO3S/c16-11-14(19)6-8-15(9-7-14)13(17)18-10-12-4-2-1-3-5-12/h1-5,16,19H,6-11H2. The normalized spacial score (nSPS) is 18.1. The summed E-state index contributed by atoms with van der Waals surface area (Å²) in [5.41, 5.74) is 0.978. The van der Waals surface area contributed by atoms with Crippen LogP contribution in [0.15, 0.2) is 30.3 Å². The highest BCUT2D eigenvalue weighted by molar-refractivity contribution is 7.81. The third kappa shape index (κ3) is 3.88. The fourth-order valence-corrected chi connectivity index (χ4v) is 2.27. The van der Waals surface area contributed by atoms with Crippen LogP contribution in [0, 0.1) is 0 Å². The Morgan fingerprint density at radius 3 is 2.53 bits per heavy atom. The van der Waals surface area contributed by atoms with Crippen LogP contribution in [0.2, 0.25) is 0 Å². The second-order valence-electron chi connectivity index (χ2n) is 4.91. The number of benzene rings is 1. The summed E-state index contributed by atoms with van der Waals surface area (Å²) >= 11 is 4.44. The molecule has 0 aromatic heterocycles. The predicted octanol–water partition coefficient (Wildman–Crippen LogP) is 2.08. The van der Waals surface area contributed by atoms with E-state index >= 15 is 0 Å². The minimum atomic E-state index is -0.351. The molecule has 0 spiro atoms. The summed E-state index contributed by atoms with van der Waals surface area (Å²) in [6, 6.07) is 9.61. The number of thiol groups is 1. The maximum atomic E-state index is 11.9. The first-order valence-electron chi connectivity index (χ1n) is 6.42. The zero-order valence-corrected chi connectivity index (χ0v) is 11.7. The van der Waals surface area contributed by atoms with E-state index in [-0.39, 0.29) is 17.4 Å². The highest BCUT2D eigenvalue weighted by Gasteiger charge is 2.32. The number of carbonyl (C=O) groups is 1. The van der Waals surface area contributed by atoms with Gasteiger partial charge < -0.3 is 14.7 Å². The van der Waals surface area contributed by atoms with Crippen molar-refractivity contribution in [1.82, 2.24) is 4.90 Å². The molecule has 0 atom stereocenters. The van der Waals surface area contributed by atoms with Gasteiger partial charge in [-0.25, -0.2) is 4.79 Å². The van der Waals surface area contributed by atoms with E-state index in [1.165, 1.54) is 0 Å². The summed E-state index contributed by atoms with van der Waals surface area (Å²) in [4.78, 5) is 13.6. The average Bonchev–Trinajstić information content (AvgIpc) is 2.47. The molecule has 0 bridgehead atoms. The molecular formula is C14H19NO3S. The lowest BCUT2D eigenvalue weighted by Gasteiger charge is -2.36. The molecule has 1 aliphatic heterocycles. The molecule has 104 valence electrons. The second kappa shape index (κ2) is 6.30. The molecule has 1 N–H and O–H groups in total. The number of nitrogens with zero attached hydrogens (tertiary/aromatic N) is 1. The van der Waals surface area contributed by atoms with Gasteiger partial charge in [0, 0.05) is 17.8 Å². The summed E-state index contributed by atoms with van der Waals surface area (Å²) in [7, 11) is 0. The van der Waals surface area contributed by atoms with Gasteiger partial charge in [-0.15, -0.1) is 0 Å². The number of piperidine rings is 1. The SMILES string of the molecule is O=C(OCc1ccccc1)N1CCC(S)(CO)CC1. The van der Waals surface area contributed by atoms with Gasteiger partial charge in [-0.3, -0.25) is 0 Å². The molecule has 1 amide bonds. The Morgan fingerprint density at radius 1 is 1.32 bits per heavy atom. The van der Waals surface area contributed by atoms with E-state index in [1.54, 1.807) is 4.90 Å². The summed E-state index contributed by atoms with van der Waals surface area (Å²) in [5, 5.41) is 9.22. The Labute approximate surface area is 118 Å². The summed E-state index contributed by atoms with van der Waals surface area (Å²) in [6.45, 7) is 1.50. The molecule has 1 aliphatic rings. The lowest BCUT2D eigenvalue weighted by molar-refractivity contribution is 0.0796. The first kappa shape index (κ1) is 14.2. The smallest absolute Gasteiger partial charge is 0.410 e. The van der Waals surface area contributed by atoms with Crippen LogP contribution in [-0.2, 0) is 11.3 Å². The number of ether oxygens (including phenoxy) is 1. The fraction of sp³-hybridized carbons (Fsp3) is 0.500. The van der Waals surface area contributed by atoms with Crippen molar-refractivity contribution in [3.8, 4) is 0 Å². The minimum Gasteiger partial charge on any atom is -0.445 e. The molecule has 2 rings (SSSR count). The van der Waals surface area contributed by atoms with Crippen molar-refractivity contribution < 1.29 is 14.6 Å². The molecule has 5 heteroatoms. The highest BCUT2D eigenvalue weighted by Crippen LogP contribution is 2.28. The van der Waals surface area contributed by atoms with Crippen molar-refractivity contribution in [2.45, 2.75) is 24.2 Å². The van der Waals surface area contributed by atoms with Crippen LogP contribution in [0.4, 0.5) is 4.79 Å².